The smallest absolute Gasteiger partial charge is 0.176 e. The molecule has 8 heavy (non-hydrogen) atoms. The summed E-state index contributed by atoms with van der Waals surface area (Å²) in [4.78, 5) is 9.72. The molecule has 0 unspecified atom stereocenters. The first kappa shape index (κ1) is 7.56. The minimum atomic E-state index is 0.667. The molecular formula is C5H9NOS. The van der Waals surface area contributed by atoms with Gasteiger partial charge in [0.2, 0.25) is 0 Å². The first-order valence-electron chi connectivity index (χ1n) is 2.22. The highest BCUT2D eigenvalue weighted by molar-refractivity contribution is 8.12. The Bertz CT molecular complexity index is 92.4. The van der Waals surface area contributed by atoms with Crippen LogP contribution in [0.1, 0.15) is 0 Å². The van der Waals surface area contributed by atoms with Gasteiger partial charge >= 0.3 is 0 Å². The minimum Gasteiger partial charge on any atom is -0.391 e. The van der Waals surface area contributed by atoms with E-state index in [1.165, 1.54) is 11.8 Å². The topological polar surface area (TPSA) is 29.1 Å². The molecule has 0 aliphatic heterocycles. The van der Waals surface area contributed by atoms with Crippen molar-refractivity contribution in [3.05, 3.63) is 12.3 Å². The summed E-state index contributed by atoms with van der Waals surface area (Å²) >= 11 is 1.20. The summed E-state index contributed by atoms with van der Waals surface area (Å²) in [6.07, 6.45) is 0. The van der Waals surface area contributed by atoms with Crippen LogP contribution in [0.2, 0.25) is 0 Å². The third-order valence-corrected chi connectivity index (χ3v) is 1.33. The van der Waals surface area contributed by atoms with Crippen LogP contribution in [-0.4, -0.2) is 18.4 Å². The van der Waals surface area contributed by atoms with E-state index in [0.29, 0.717) is 5.75 Å². The maximum Gasteiger partial charge on any atom is 0.176 e. The zero-order valence-electron chi connectivity index (χ0n) is 4.81. The Balaban J connectivity index is 3.11. The van der Waals surface area contributed by atoms with Crippen molar-refractivity contribution in [2.24, 2.45) is 0 Å². The third-order valence-electron chi connectivity index (χ3n) is 0.679. The molecule has 0 aromatic heterocycles. The Hall–Kier alpha value is -0.440. The van der Waals surface area contributed by atoms with E-state index >= 15 is 0 Å². The number of carbonyl (C=O) groups excluding carboxylic acids is 1. The van der Waals surface area contributed by atoms with Crippen LogP contribution in [-0.2, 0) is 4.79 Å². The van der Waals surface area contributed by atoms with Crippen molar-refractivity contribution in [2.45, 2.75) is 0 Å². The van der Waals surface area contributed by atoms with E-state index in [1.807, 2.05) is 0 Å². The SMILES string of the molecule is C=C(CSC=O)NC. The molecule has 0 fully saturated rings. The van der Waals surface area contributed by atoms with Crippen molar-refractivity contribution >= 4 is 17.4 Å². The van der Waals surface area contributed by atoms with Gasteiger partial charge in [-0.25, -0.2) is 0 Å². The molecule has 0 aromatic carbocycles. The Morgan fingerprint density at radius 2 is 2.62 bits per heavy atom. The monoisotopic (exact) mass is 131 g/mol. The van der Waals surface area contributed by atoms with Crippen LogP contribution in [0.25, 0.3) is 0 Å². The van der Waals surface area contributed by atoms with Crippen molar-refractivity contribution in [3.8, 4) is 0 Å². The van der Waals surface area contributed by atoms with Gasteiger partial charge in [-0.05, 0) is 0 Å². The summed E-state index contributed by atoms with van der Waals surface area (Å²) in [5.74, 6) is 0.667. The predicted octanol–water partition coefficient (Wildman–Crippen LogP) is 0.643. The van der Waals surface area contributed by atoms with Crippen LogP contribution in [0.5, 0.6) is 0 Å². The van der Waals surface area contributed by atoms with Crippen LogP contribution in [0.3, 0.4) is 0 Å². The second kappa shape index (κ2) is 4.71. The van der Waals surface area contributed by atoms with Gasteiger partial charge in [-0.2, -0.15) is 0 Å². The van der Waals surface area contributed by atoms with E-state index in [9.17, 15) is 4.79 Å². The first-order chi connectivity index (χ1) is 3.81. The molecule has 0 spiro atoms. The molecule has 0 aliphatic rings. The van der Waals surface area contributed by atoms with E-state index in [4.69, 9.17) is 0 Å². The molecule has 0 aliphatic carbocycles. The largest absolute Gasteiger partial charge is 0.391 e. The average Bonchev–Trinajstić information content (AvgIpc) is 1.83. The van der Waals surface area contributed by atoms with Crippen molar-refractivity contribution in [2.75, 3.05) is 12.8 Å². The first-order valence-corrected chi connectivity index (χ1v) is 3.27. The summed E-state index contributed by atoms with van der Waals surface area (Å²) < 4.78 is 0. The van der Waals surface area contributed by atoms with Crippen molar-refractivity contribution in [1.82, 2.24) is 5.32 Å². The molecule has 46 valence electrons. The number of hydrogen-bond acceptors (Lipinski definition) is 3. The highest BCUT2D eigenvalue weighted by atomic mass is 32.2. The van der Waals surface area contributed by atoms with Crippen LogP contribution in [0.15, 0.2) is 12.3 Å². The van der Waals surface area contributed by atoms with Crippen molar-refractivity contribution < 1.29 is 4.79 Å². The van der Waals surface area contributed by atoms with Gasteiger partial charge in [-0.3, -0.25) is 4.79 Å². The number of carbonyl (C=O) groups is 1. The molecule has 0 radical (unpaired) electrons. The van der Waals surface area contributed by atoms with E-state index < -0.39 is 0 Å². The van der Waals surface area contributed by atoms with E-state index in [0.717, 1.165) is 11.3 Å². The summed E-state index contributed by atoms with van der Waals surface area (Å²) in [7, 11) is 1.79. The highest BCUT2D eigenvalue weighted by Gasteiger charge is 1.86. The number of rotatable bonds is 4. The summed E-state index contributed by atoms with van der Waals surface area (Å²) in [5.41, 5.74) is 1.69. The van der Waals surface area contributed by atoms with Gasteiger partial charge in [0.25, 0.3) is 0 Å². The Kier molecular flexibility index (Phi) is 4.45. The van der Waals surface area contributed by atoms with E-state index in [-0.39, 0.29) is 0 Å². The van der Waals surface area contributed by atoms with Gasteiger partial charge in [0.15, 0.2) is 5.62 Å². The van der Waals surface area contributed by atoms with Crippen LogP contribution >= 0.6 is 11.8 Å². The fourth-order valence-corrected chi connectivity index (χ4v) is 0.620. The molecule has 0 rings (SSSR count). The normalized spacial score (nSPS) is 8.12. The summed E-state index contributed by atoms with van der Waals surface area (Å²) in [5, 5.41) is 2.83. The molecular weight excluding hydrogens is 122 g/mol. The lowest BCUT2D eigenvalue weighted by molar-refractivity contribution is 0.570. The van der Waals surface area contributed by atoms with Crippen molar-refractivity contribution in [3.63, 3.8) is 0 Å². The van der Waals surface area contributed by atoms with Crippen LogP contribution in [0.4, 0.5) is 0 Å². The lowest BCUT2D eigenvalue weighted by Gasteiger charge is -1.97. The fourth-order valence-electron chi connectivity index (χ4n) is 0.207. The van der Waals surface area contributed by atoms with E-state index in [2.05, 4.69) is 11.9 Å². The van der Waals surface area contributed by atoms with Gasteiger partial charge in [0.1, 0.15) is 0 Å². The molecule has 0 heterocycles. The highest BCUT2D eigenvalue weighted by Crippen LogP contribution is 1.96. The van der Waals surface area contributed by atoms with Gasteiger partial charge < -0.3 is 5.32 Å². The molecule has 0 amide bonds. The number of nitrogens with one attached hydrogen (secondary N) is 1. The Morgan fingerprint density at radius 3 is 3.00 bits per heavy atom. The standard InChI is InChI=1S/C5H9NOS/c1-5(6-2)3-8-4-7/h4,6H,1,3H2,2H3. The molecule has 2 nitrogen and oxygen atoms in total. The van der Waals surface area contributed by atoms with Crippen LogP contribution in [0, 0.1) is 0 Å². The molecule has 0 saturated heterocycles. The molecule has 0 saturated carbocycles. The van der Waals surface area contributed by atoms with Gasteiger partial charge in [0.05, 0.1) is 0 Å². The fraction of sp³-hybridized carbons (Fsp3) is 0.400. The zero-order chi connectivity index (χ0) is 6.41. The maximum atomic E-state index is 9.72. The van der Waals surface area contributed by atoms with Crippen molar-refractivity contribution in [1.29, 1.82) is 0 Å². The molecule has 0 atom stereocenters. The minimum absolute atomic E-state index is 0.667. The number of hydrogen-bond donors (Lipinski definition) is 1. The summed E-state index contributed by atoms with van der Waals surface area (Å²) in [6.45, 7) is 3.62. The molecule has 0 bridgehead atoms. The number of thioether (sulfide) groups is 1. The second-order valence-electron chi connectivity index (χ2n) is 1.26. The second-order valence-corrected chi connectivity index (χ2v) is 2.08. The van der Waals surface area contributed by atoms with E-state index in [1.54, 1.807) is 7.05 Å². The molecule has 0 aromatic rings. The average molecular weight is 131 g/mol. The quantitative estimate of drug-likeness (QED) is 0.568. The molecule has 1 N–H and O–H groups in total. The lowest BCUT2D eigenvalue weighted by Crippen LogP contribution is -2.05. The van der Waals surface area contributed by atoms with Gasteiger partial charge in [-0.15, -0.1) is 0 Å². The maximum absolute atomic E-state index is 9.72. The summed E-state index contributed by atoms with van der Waals surface area (Å²) in [6, 6.07) is 0. The third kappa shape index (κ3) is 3.74. The van der Waals surface area contributed by atoms with Crippen LogP contribution < -0.4 is 5.32 Å². The van der Waals surface area contributed by atoms with Gasteiger partial charge in [-0.1, -0.05) is 18.3 Å². The zero-order valence-corrected chi connectivity index (χ0v) is 5.62. The molecule has 3 heteroatoms. The lowest BCUT2D eigenvalue weighted by atomic mass is 10.6. The Morgan fingerprint density at radius 1 is 2.00 bits per heavy atom. The predicted molar refractivity (Wildman–Crippen MR) is 37.4 cm³/mol. The Labute approximate surface area is 53.3 Å². The van der Waals surface area contributed by atoms with Gasteiger partial charge in [0, 0.05) is 18.5 Å².